The first-order valence-electron chi connectivity index (χ1n) is 5.75. The van der Waals surface area contributed by atoms with Crippen molar-refractivity contribution in [3.8, 4) is 16.9 Å². The molecule has 0 radical (unpaired) electrons. The van der Waals surface area contributed by atoms with Gasteiger partial charge in [0.25, 0.3) is 5.56 Å². The molecule has 0 atom stereocenters. The maximum absolute atomic E-state index is 12.9. The van der Waals surface area contributed by atoms with Crippen molar-refractivity contribution >= 4 is 10.9 Å². The summed E-state index contributed by atoms with van der Waals surface area (Å²) < 4.78 is 12.9. The van der Waals surface area contributed by atoms with Crippen LogP contribution in [0.15, 0.2) is 53.3 Å². The van der Waals surface area contributed by atoms with E-state index in [0.717, 1.165) is 16.5 Å². The fourth-order valence-corrected chi connectivity index (χ4v) is 2.01. The van der Waals surface area contributed by atoms with E-state index in [-0.39, 0.29) is 11.6 Å². The van der Waals surface area contributed by atoms with Crippen molar-refractivity contribution < 1.29 is 9.50 Å². The van der Waals surface area contributed by atoms with Crippen molar-refractivity contribution in [3.63, 3.8) is 0 Å². The van der Waals surface area contributed by atoms with Crippen LogP contribution in [0.3, 0.4) is 0 Å². The summed E-state index contributed by atoms with van der Waals surface area (Å²) in [4.78, 5) is 14.0. The third-order valence-corrected chi connectivity index (χ3v) is 3.00. The molecule has 0 amide bonds. The number of halogens is 1. The van der Waals surface area contributed by atoms with E-state index in [1.807, 2.05) is 6.07 Å². The van der Waals surface area contributed by atoms with E-state index in [1.165, 1.54) is 18.2 Å². The number of benzene rings is 2. The lowest BCUT2D eigenvalue weighted by molar-refractivity contribution is 0.468. The number of hydrogen-bond acceptors (Lipinski definition) is 2. The highest BCUT2D eigenvalue weighted by molar-refractivity contribution is 5.84. The predicted octanol–water partition coefficient (Wildman–Crippen LogP) is 3.04. The van der Waals surface area contributed by atoms with Gasteiger partial charge in [-0.3, -0.25) is 4.79 Å². The van der Waals surface area contributed by atoms with Crippen LogP contribution in [0.4, 0.5) is 4.39 Å². The maximum atomic E-state index is 12.9. The van der Waals surface area contributed by atoms with Gasteiger partial charge in [0.15, 0.2) is 5.75 Å². The molecular weight excluding hydrogens is 245 g/mol. The fourth-order valence-electron chi connectivity index (χ4n) is 2.01. The first-order chi connectivity index (χ1) is 9.13. The molecule has 0 spiro atoms. The van der Waals surface area contributed by atoms with Crippen LogP contribution < -0.4 is 5.56 Å². The second-order valence-electron chi connectivity index (χ2n) is 4.29. The van der Waals surface area contributed by atoms with E-state index in [9.17, 15) is 14.3 Å². The van der Waals surface area contributed by atoms with Gasteiger partial charge in [-0.2, -0.15) is 0 Å². The zero-order chi connectivity index (χ0) is 13.4. The Morgan fingerprint density at radius 1 is 0.947 bits per heavy atom. The van der Waals surface area contributed by atoms with Gasteiger partial charge in [-0.05, 0) is 35.4 Å². The SMILES string of the molecule is O=c1[nH]c2cc(-c3ccc(F)cc3)ccc2cc1O. The molecule has 4 heteroatoms. The minimum absolute atomic E-state index is 0.289. The number of fused-ring (bicyclic) bond motifs is 1. The molecule has 2 N–H and O–H groups in total. The van der Waals surface area contributed by atoms with Crippen LogP contribution in [-0.2, 0) is 0 Å². The van der Waals surface area contributed by atoms with Gasteiger partial charge in [0.2, 0.25) is 0 Å². The van der Waals surface area contributed by atoms with Crippen molar-refractivity contribution in [1.29, 1.82) is 0 Å². The van der Waals surface area contributed by atoms with E-state index >= 15 is 0 Å². The molecule has 3 rings (SSSR count). The molecule has 94 valence electrons. The Bertz CT molecular complexity index is 806. The quantitative estimate of drug-likeness (QED) is 0.702. The number of aromatic amines is 1. The summed E-state index contributed by atoms with van der Waals surface area (Å²) in [5, 5.41) is 10.1. The Morgan fingerprint density at radius 3 is 2.37 bits per heavy atom. The Labute approximate surface area is 108 Å². The molecule has 19 heavy (non-hydrogen) atoms. The van der Waals surface area contributed by atoms with Gasteiger partial charge in [-0.1, -0.05) is 24.3 Å². The summed E-state index contributed by atoms with van der Waals surface area (Å²) in [6.45, 7) is 0. The number of aromatic nitrogens is 1. The lowest BCUT2D eigenvalue weighted by Crippen LogP contribution is -2.04. The minimum atomic E-state index is -0.524. The zero-order valence-electron chi connectivity index (χ0n) is 9.85. The standard InChI is InChI=1S/C15H10FNO2/c16-12-5-3-9(4-6-12)10-1-2-11-8-14(18)15(19)17-13(11)7-10/h1-8,18H,(H,17,19). The van der Waals surface area contributed by atoms with Gasteiger partial charge in [-0.15, -0.1) is 0 Å². The topological polar surface area (TPSA) is 53.1 Å². The molecule has 1 heterocycles. The highest BCUT2D eigenvalue weighted by atomic mass is 19.1. The van der Waals surface area contributed by atoms with Crippen LogP contribution in [0.5, 0.6) is 5.75 Å². The number of pyridine rings is 1. The van der Waals surface area contributed by atoms with Gasteiger partial charge in [-0.25, -0.2) is 4.39 Å². The van der Waals surface area contributed by atoms with Gasteiger partial charge >= 0.3 is 0 Å². The van der Waals surface area contributed by atoms with Gasteiger partial charge in [0.05, 0.1) is 0 Å². The molecule has 1 aromatic heterocycles. The highest BCUT2D eigenvalue weighted by Gasteiger charge is 2.03. The lowest BCUT2D eigenvalue weighted by atomic mass is 10.0. The maximum Gasteiger partial charge on any atom is 0.290 e. The number of rotatable bonds is 1. The fraction of sp³-hybridized carbons (Fsp3) is 0. The van der Waals surface area contributed by atoms with Crippen molar-refractivity contribution in [3.05, 3.63) is 64.7 Å². The molecule has 0 saturated carbocycles. The van der Waals surface area contributed by atoms with E-state index in [0.29, 0.717) is 5.52 Å². The summed E-state index contributed by atoms with van der Waals surface area (Å²) in [6, 6.07) is 13.0. The zero-order valence-corrected chi connectivity index (χ0v) is 9.85. The minimum Gasteiger partial charge on any atom is -0.503 e. The van der Waals surface area contributed by atoms with Gasteiger partial charge < -0.3 is 10.1 Å². The molecular formula is C15H10FNO2. The summed E-state index contributed by atoms with van der Waals surface area (Å²) in [5.41, 5.74) is 1.83. The smallest absolute Gasteiger partial charge is 0.290 e. The van der Waals surface area contributed by atoms with E-state index in [2.05, 4.69) is 4.98 Å². The first kappa shape index (κ1) is 11.5. The number of H-pyrrole nitrogens is 1. The Morgan fingerprint density at radius 2 is 1.63 bits per heavy atom. The van der Waals surface area contributed by atoms with Crippen LogP contribution in [0.25, 0.3) is 22.0 Å². The second-order valence-corrected chi connectivity index (χ2v) is 4.29. The number of nitrogens with one attached hydrogen (secondary N) is 1. The van der Waals surface area contributed by atoms with Crippen LogP contribution in [0, 0.1) is 5.82 Å². The molecule has 3 nitrogen and oxygen atoms in total. The average Bonchev–Trinajstić information content (AvgIpc) is 2.40. The number of aromatic hydroxyl groups is 1. The summed E-state index contributed by atoms with van der Waals surface area (Å²) in [7, 11) is 0. The van der Waals surface area contributed by atoms with Crippen molar-refractivity contribution in [2.24, 2.45) is 0 Å². The Hall–Kier alpha value is -2.62. The molecule has 0 saturated heterocycles. The molecule has 0 unspecified atom stereocenters. The summed E-state index contributed by atoms with van der Waals surface area (Å²) >= 11 is 0. The normalized spacial score (nSPS) is 10.8. The second kappa shape index (κ2) is 4.24. The third-order valence-electron chi connectivity index (χ3n) is 3.00. The first-order valence-corrected chi connectivity index (χ1v) is 5.75. The van der Waals surface area contributed by atoms with Crippen molar-refractivity contribution in [2.45, 2.75) is 0 Å². The van der Waals surface area contributed by atoms with E-state index < -0.39 is 5.56 Å². The molecule has 0 aliphatic rings. The Balaban J connectivity index is 2.18. The largest absolute Gasteiger partial charge is 0.503 e. The van der Waals surface area contributed by atoms with Gasteiger partial charge in [0, 0.05) is 10.9 Å². The molecule has 0 aliphatic carbocycles. The van der Waals surface area contributed by atoms with Crippen LogP contribution >= 0.6 is 0 Å². The van der Waals surface area contributed by atoms with Gasteiger partial charge in [0.1, 0.15) is 5.82 Å². The van der Waals surface area contributed by atoms with Crippen molar-refractivity contribution in [2.75, 3.05) is 0 Å². The monoisotopic (exact) mass is 255 g/mol. The van der Waals surface area contributed by atoms with E-state index in [1.54, 1.807) is 24.3 Å². The van der Waals surface area contributed by atoms with E-state index in [4.69, 9.17) is 0 Å². The van der Waals surface area contributed by atoms with Crippen LogP contribution in [-0.4, -0.2) is 10.1 Å². The molecule has 3 aromatic rings. The highest BCUT2D eigenvalue weighted by Crippen LogP contribution is 2.24. The molecule has 2 aromatic carbocycles. The van der Waals surface area contributed by atoms with Crippen LogP contribution in [0.1, 0.15) is 0 Å². The number of hydrogen-bond donors (Lipinski definition) is 2. The van der Waals surface area contributed by atoms with Crippen LogP contribution in [0.2, 0.25) is 0 Å². The molecule has 0 fully saturated rings. The Kier molecular flexibility index (Phi) is 2.56. The predicted molar refractivity (Wildman–Crippen MR) is 71.6 cm³/mol. The van der Waals surface area contributed by atoms with Crippen molar-refractivity contribution in [1.82, 2.24) is 4.98 Å². The molecule has 0 aliphatic heterocycles. The third kappa shape index (κ3) is 2.08. The summed E-state index contributed by atoms with van der Waals surface area (Å²) in [6.07, 6.45) is 0. The lowest BCUT2D eigenvalue weighted by Gasteiger charge is -2.04. The summed E-state index contributed by atoms with van der Waals surface area (Å²) in [5.74, 6) is -0.593. The average molecular weight is 255 g/mol. The molecule has 0 bridgehead atoms.